The Morgan fingerprint density at radius 3 is 2.71 bits per heavy atom. The number of rotatable bonds is 5. The number of amidine groups is 1. The summed E-state index contributed by atoms with van der Waals surface area (Å²) < 4.78 is 25.6. The van der Waals surface area contributed by atoms with Crippen molar-refractivity contribution in [3.8, 4) is 0 Å². The van der Waals surface area contributed by atoms with Crippen molar-refractivity contribution in [2.24, 2.45) is 10.9 Å². The van der Waals surface area contributed by atoms with Gasteiger partial charge in [-0.15, -0.1) is 0 Å². The van der Waals surface area contributed by atoms with Crippen LogP contribution in [0.4, 0.5) is 8.78 Å². The average Bonchev–Trinajstić information content (AvgIpc) is 2.33. The first-order chi connectivity index (χ1) is 8.08. The molecule has 0 saturated heterocycles. The van der Waals surface area contributed by atoms with Crippen LogP contribution < -0.4 is 11.1 Å². The molecule has 0 heterocycles. The van der Waals surface area contributed by atoms with Gasteiger partial charge in [-0.2, -0.15) is 0 Å². The van der Waals surface area contributed by atoms with Crippen LogP contribution in [-0.2, 0) is 6.54 Å². The Kier molecular flexibility index (Phi) is 4.84. The summed E-state index contributed by atoms with van der Waals surface area (Å²) in [5.41, 5.74) is 6.04. The second-order valence-electron chi connectivity index (χ2n) is 3.62. The normalized spacial score (nSPS) is 13.7. The van der Waals surface area contributed by atoms with E-state index in [1.165, 1.54) is 6.07 Å². The van der Waals surface area contributed by atoms with Crippen molar-refractivity contribution in [3.05, 3.63) is 35.4 Å². The van der Waals surface area contributed by atoms with Gasteiger partial charge in [0, 0.05) is 6.54 Å². The third-order valence-corrected chi connectivity index (χ3v) is 2.42. The van der Waals surface area contributed by atoms with Crippen molar-refractivity contribution >= 4 is 5.84 Å². The number of nitrogens with zero attached hydrogens (tertiary/aromatic N) is 1. The molecule has 1 aromatic rings. The van der Waals surface area contributed by atoms with Gasteiger partial charge in [-0.1, -0.05) is 18.1 Å². The van der Waals surface area contributed by atoms with Crippen molar-refractivity contribution in [1.82, 2.24) is 5.32 Å². The Morgan fingerprint density at radius 1 is 1.47 bits per heavy atom. The summed E-state index contributed by atoms with van der Waals surface area (Å²) in [4.78, 5) is 0. The number of nitrogens with two attached hydrogens (primary N) is 1. The average molecular weight is 243 g/mol. The van der Waals surface area contributed by atoms with Crippen LogP contribution in [0, 0.1) is 11.6 Å². The highest BCUT2D eigenvalue weighted by atomic mass is 19.2. The van der Waals surface area contributed by atoms with E-state index in [1.54, 1.807) is 0 Å². The van der Waals surface area contributed by atoms with Gasteiger partial charge in [0.2, 0.25) is 0 Å². The highest BCUT2D eigenvalue weighted by Crippen LogP contribution is 2.08. The first-order valence-electron chi connectivity index (χ1n) is 5.23. The lowest BCUT2D eigenvalue weighted by Crippen LogP contribution is -2.40. The van der Waals surface area contributed by atoms with E-state index in [1.807, 2.05) is 6.92 Å². The zero-order valence-corrected chi connectivity index (χ0v) is 9.45. The molecule has 1 rings (SSSR count). The fraction of sp³-hybridized carbons (Fsp3) is 0.364. The first-order valence-corrected chi connectivity index (χ1v) is 5.23. The Morgan fingerprint density at radius 2 is 2.18 bits per heavy atom. The molecule has 1 aromatic carbocycles. The molecule has 0 saturated carbocycles. The van der Waals surface area contributed by atoms with Gasteiger partial charge in [-0.05, 0) is 24.1 Å². The van der Waals surface area contributed by atoms with Gasteiger partial charge in [0.05, 0.1) is 6.04 Å². The summed E-state index contributed by atoms with van der Waals surface area (Å²) in [6.45, 7) is 2.17. The van der Waals surface area contributed by atoms with Gasteiger partial charge in [-0.3, -0.25) is 0 Å². The molecule has 0 aromatic heterocycles. The van der Waals surface area contributed by atoms with Gasteiger partial charge in [-0.25, -0.2) is 8.78 Å². The first kappa shape index (κ1) is 13.4. The predicted molar refractivity (Wildman–Crippen MR) is 60.7 cm³/mol. The molecule has 0 fully saturated rings. The number of hydrogen-bond donors (Lipinski definition) is 3. The summed E-state index contributed by atoms with van der Waals surface area (Å²) in [5, 5.41) is 14.4. The molecule has 0 aliphatic rings. The zero-order chi connectivity index (χ0) is 12.8. The van der Waals surface area contributed by atoms with E-state index in [2.05, 4.69) is 10.5 Å². The molecule has 17 heavy (non-hydrogen) atoms. The van der Waals surface area contributed by atoms with Gasteiger partial charge in [0.1, 0.15) is 0 Å². The van der Waals surface area contributed by atoms with E-state index in [-0.39, 0.29) is 11.9 Å². The topological polar surface area (TPSA) is 70.6 Å². The standard InChI is InChI=1S/C11H15F2N3O/c1-2-10(11(14)16-17)15-6-7-3-4-8(12)9(13)5-7/h3-5,10,15,17H,2,6H2,1H3,(H2,14,16). The largest absolute Gasteiger partial charge is 0.409 e. The Labute approximate surface area is 98.1 Å². The molecule has 0 amide bonds. The molecule has 0 aliphatic carbocycles. The van der Waals surface area contributed by atoms with Crippen LogP contribution in [0.15, 0.2) is 23.4 Å². The number of halogens is 2. The number of nitrogens with one attached hydrogen (secondary N) is 1. The maximum atomic E-state index is 12.9. The lowest BCUT2D eigenvalue weighted by Gasteiger charge is -2.15. The summed E-state index contributed by atoms with van der Waals surface area (Å²) >= 11 is 0. The molecule has 1 atom stereocenters. The predicted octanol–water partition coefficient (Wildman–Crippen LogP) is 1.58. The molecule has 0 spiro atoms. The molecule has 0 aliphatic heterocycles. The maximum Gasteiger partial charge on any atom is 0.159 e. The van der Waals surface area contributed by atoms with E-state index >= 15 is 0 Å². The molecule has 6 heteroatoms. The fourth-order valence-electron chi connectivity index (χ4n) is 1.42. The smallest absolute Gasteiger partial charge is 0.159 e. The Bertz CT molecular complexity index is 410. The van der Waals surface area contributed by atoms with Gasteiger partial charge < -0.3 is 16.3 Å². The van der Waals surface area contributed by atoms with Crippen LogP contribution in [0.1, 0.15) is 18.9 Å². The highest BCUT2D eigenvalue weighted by molar-refractivity contribution is 5.85. The quantitative estimate of drug-likeness (QED) is 0.318. The molecule has 0 radical (unpaired) electrons. The minimum absolute atomic E-state index is 0.0649. The van der Waals surface area contributed by atoms with Crippen molar-refractivity contribution in [2.75, 3.05) is 0 Å². The SMILES string of the molecule is CCC(NCc1ccc(F)c(F)c1)/C(N)=N/O. The Balaban J connectivity index is 2.63. The van der Waals surface area contributed by atoms with Gasteiger partial charge >= 0.3 is 0 Å². The molecular weight excluding hydrogens is 228 g/mol. The fourth-order valence-corrected chi connectivity index (χ4v) is 1.42. The molecule has 4 N–H and O–H groups in total. The van der Waals surface area contributed by atoms with Gasteiger partial charge in [0.15, 0.2) is 17.5 Å². The van der Waals surface area contributed by atoms with Crippen molar-refractivity contribution in [2.45, 2.75) is 25.9 Å². The van der Waals surface area contributed by atoms with Gasteiger partial charge in [0.25, 0.3) is 0 Å². The summed E-state index contributed by atoms with van der Waals surface area (Å²) in [6, 6.07) is 3.36. The van der Waals surface area contributed by atoms with E-state index < -0.39 is 11.6 Å². The molecule has 1 unspecified atom stereocenters. The van der Waals surface area contributed by atoms with Crippen LogP contribution in [0.3, 0.4) is 0 Å². The van der Waals surface area contributed by atoms with Crippen LogP contribution in [0.25, 0.3) is 0 Å². The van der Waals surface area contributed by atoms with Crippen molar-refractivity contribution < 1.29 is 14.0 Å². The molecule has 4 nitrogen and oxygen atoms in total. The number of benzene rings is 1. The number of hydrogen-bond acceptors (Lipinski definition) is 3. The van der Waals surface area contributed by atoms with Crippen LogP contribution in [0.5, 0.6) is 0 Å². The minimum Gasteiger partial charge on any atom is -0.409 e. The highest BCUT2D eigenvalue weighted by Gasteiger charge is 2.11. The van der Waals surface area contributed by atoms with E-state index in [9.17, 15) is 8.78 Å². The van der Waals surface area contributed by atoms with E-state index in [0.29, 0.717) is 18.5 Å². The number of oxime groups is 1. The third kappa shape index (κ3) is 3.67. The molecular formula is C11H15F2N3O. The molecule has 0 bridgehead atoms. The Hall–Kier alpha value is -1.69. The van der Waals surface area contributed by atoms with E-state index in [4.69, 9.17) is 10.9 Å². The van der Waals surface area contributed by atoms with Crippen LogP contribution in [0.2, 0.25) is 0 Å². The monoisotopic (exact) mass is 243 g/mol. The van der Waals surface area contributed by atoms with Crippen molar-refractivity contribution in [1.29, 1.82) is 0 Å². The molecule has 94 valence electrons. The minimum atomic E-state index is -0.888. The second-order valence-corrected chi connectivity index (χ2v) is 3.62. The lowest BCUT2D eigenvalue weighted by molar-refractivity contribution is 0.314. The summed E-state index contributed by atoms with van der Waals surface area (Å²) in [7, 11) is 0. The summed E-state index contributed by atoms with van der Waals surface area (Å²) in [6.07, 6.45) is 0.625. The third-order valence-electron chi connectivity index (χ3n) is 2.42. The summed E-state index contributed by atoms with van der Waals surface area (Å²) in [5.74, 6) is -1.70. The zero-order valence-electron chi connectivity index (χ0n) is 9.45. The lowest BCUT2D eigenvalue weighted by atomic mass is 10.1. The maximum absolute atomic E-state index is 12.9. The van der Waals surface area contributed by atoms with E-state index in [0.717, 1.165) is 12.1 Å². The van der Waals surface area contributed by atoms with Crippen LogP contribution >= 0.6 is 0 Å². The second kappa shape index (κ2) is 6.15. The van der Waals surface area contributed by atoms with Crippen molar-refractivity contribution in [3.63, 3.8) is 0 Å². The van der Waals surface area contributed by atoms with Crippen LogP contribution in [-0.4, -0.2) is 17.1 Å².